The van der Waals surface area contributed by atoms with E-state index in [2.05, 4.69) is 31.7 Å². The van der Waals surface area contributed by atoms with E-state index in [1.165, 1.54) is 0 Å². The molecule has 0 saturated heterocycles. The summed E-state index contributed by atoms with van der Waals surface area (Å²) >= 11 is 15.8. The van der Waals surface area contributed by atoms with Crippen LogP contribution in [0, 0.1) is 6.92 Å². The van der Waals surface area contributed by atoms with Crippen LogP contribution in [0.2, 0.25) is 10.0 Å². The van der Waals surface area contributed by atoms with E-state index in [9.17, 15) is 18.0 Å². The summed E-state index contributed by atoms with van der Waals surface area (Å²) in [7, 11) is 0. The van der Waals surface area contributed by atoms with E-state index in [1.807, 2.05) is 0 Å². The van der Waals surface area contributed by atoms with Crippen molar-refractivity contribution >= 4 is 56.5 Å². The fourth-order valence-corrected chi connectivity index (χ4v) is 4.28. The standard InChI is InChI=1S/C21H16BrCl2F3N4O/c1-10-13(23)3-2-4-14(10)29-20(32)18-17(24)19-28-15(11-5-7-12(22)8-6-11)9-16(21(25,26)27)31(19)30-18/h2-8,15-16,28H,9H2,1H3,(H,29,32)/t15-,16+/m1/s1. The number of nitrogens with zero attached hydrogens (tertiary/aromatic N) is 2. The second-order valence-electron chi connectivity index (χ2n) is 7.36. The van der Waals surface area contributed by atoms with E-state index >= 15 is 0 Å². The molecule has 0 bridgehead atoms. The molecule has 3 aromatic rings. The minimum atomic E-state index is -4.59. The van der Waals surface area contributed by atoms with Crippen molar-refractivity contribution in [3.63, 3.8) is 0 Å². The Morgan fingerprint density at radius 1 is 1.22 bits per heavy atom. The quantitative estimate of drug-likeness (QED) is 0.365. The predicted molar refractivity (Wildman–Crippen MR) is 122 cm³/mol. The second-order valence-corrected chi connectivity index (χ2v) is 9.06. The maximum absolute atomic E-state index is 13.9. The average Bonchev–Trinajstić information content (AvgIpc) is 3.07. The molecule has 5 nitrogen and oxygen atoms in total. The van der Waals surface area contributed by atoms with Gasteiger partial charge in [0.15, 0.2) is 11.7 Å². The smallest absolute Gasteiger partial charge is 0.362 e. The average molecular weight is 548 g/mol. The molecule has 2 heterocycles. The lowest BCUT2D eigenvalue weighted by Gasteiger charge is -2.33. The van der Waals surface area contributed by atoms with Gasteiger partial charge in [-0.05, 0) is 42.3 Å². The Bertz CT molecular complexity index is 1180. The van der Waals surface area contributed by atoms with Crippen molar-refractivity contribution in [3.05, 3.63) is 73.8 Å². The van der Waals surface area contributed by atoms with Crippen LogP contribution in [-0.2, 0) is 0 Å². The number of halogens is 6. The van der Waals surface area contributed by atoms with Gasteiger partial charge in [-0.1, -0.05) is 57.3 Å². The highest BCUT2D eigenvalue weighted by Gasteiger charge is 2.47. The Hall–Kier alpha value is -2.23. The lowest BCUT2D eigenvalue weighted by molar-refractivity contribution is -0.173. The zero-order valence-corrected chi connectivity index (χ0v) is 19.6. The monoisotopic (exact) mass is 546 g/mol. The molecule has 168 valence electrons. The molecule has 0 fully saturated rings. The van der Waals surface area contributed by atoms with Crippen molar-refractivity contribution < 1.29 is 18.0 Å². The molecule has 0 spiro atoms. The van der Waals surface area contributed by atoms with E-state index in [-0.39, 0.29) is 23.0 Å². The lowest BCUT2D eigenvalue weighted by Crippen LogP contribution is -2.35. The summed E-state index contributed by atoms with van der Waals surface area (Å²) in [5.74, 6) is -0.786. The topological polar surface area (TPSA) is 59.0 Å². The molecule has 1 aromatic heterocycles. The van der Waals surface area contributed by atoms with Crippen LogP contribution in [0.15, 0.2) is 46.9 Å². The lowest BCUT2D eigenvalue weighted by atomic mass is 9.97. The fourth-order valence-electron chi connectivity index (χ4n) is 3.57. The Balaban J connectivity index is 1.71. The van der Waals surface area contributed by atoms with E-state index in [4.69, 9.17) is 23.2 Å². The Kier molecular flexibility index (Phi) is 6.17. The van der Waals surface area contributed by atoms with Crippen molar-refractivity contribution in [2.45, 2.75) is 31.6 Å². The largest absolute Gasteiger partial charge is 0.410 e. The summed E-state index contributed by atoms with van der Waals surface area (Å²) in [5, 5.41) is 9.83. The van der Waals surface area contributed by atoms with Crippen LogP contribution in [-0.4, -0.2) is 21.9 Å². The third-order valence-corrected chi connectivity index (χ3v) is 6.60. The highest BCUT2D eigenvalue weighted by atomic mass is 79.9. The van der Waals surface area contributed by atoms with Gasteiger partial charge >= 0.3 is 6.18 Å². The molecule has 1 amide bonds. The molecule has 2 aromatic carbocycles. The number of nitrogens with one attached hydrogen (secondary N) is 2. The van der Waals surface area contributed by atoms with Gasteiger partial charge in [-0.25, -0.2) is 4.68 Å². The van der Waals surface area contributed by atoms with Crippen molar-refractivity contribution in [2.24, 2.45) is 0 Å². The number of carbonyl (C=O) groups excluding carboxylic acids is 1. The first-order valence-corrected chi connectivity index (χ1v) is 11.0. The minimum absolute atomic E-state index is 0.0545. The van der Waals surface area contributed by atoms with Crippen LogP contribution in [0.25, 0.3) is 0 Å². The van der Waals surface area contributed by atoms with E-state index in [1.54, 1.807) is 49.4 Å². The first-order valence-electron chi connectivity index (χ1n) is 9.49. The van der Waals surface area contributed by atoms with Gasteiger partial charge < -0.3 is 10.6 Å². The summed E-state index contributed by atoms with van der Waals surface area (Å²) in [4.78, 5) is 12.8. The first-order chi connectivity index (χ1) is 15.1. The molecule has 0 saturated carbocycles. The van der Waals surface area contributed by atoms with Crippen LogP contribution < -0.4 is 10.6 Å². The Morgan fingerprint density at radius 2 is 1.91 bits per heavy atom. The SMILES string of the molecule is Cc1c(Cl)cccc1NC(=O)c1nn2c(c1Cl)N[C@@H](c1ccc(Br)cc1)C[C@H]2C(F)(F)F. The van der Waals surface area contributed by atoms with Gasteiger partial charge in [0.1, 0.15) is 10.8 Å². The van der Waals surface area contributed by atoms with Gasteiger partial charge in [0.2, 0.25) is 0 Å². The summed E-state index contributed by atoms with van der Waals surface area (Å²) in [5.41, 5.74) is 1.38. The van der Waals surface area contributed by atoms with Crippen LogP contribution >= 0.6 is 39.1 Å². The molecule has 0 radical (unpaired) electrons. The number of rotatable bonds is 3. The van der Waals surface area contributed by atoms with Gasteiger partial charge in [-0.15, -0.1) is 0 Å². The zero-order valence-electron chi connectivity index (χ0n) is 16.5. The number of amides is 1. The maximum atomic E-state index is 13.9. The molecule has 0 aliphatic carbocycles. The van der Waals surface area contributed by atoms with Crippen molar-refractivity contribution in [1.82, 2.24) is 9.78 Å². The molecular weight excluding hydrogens is 532 g/mol. The third-order valence-electron chi connectivity index (χ3n) is 5.30. The summed E-state index contributed by atoms with van der Waals surface area (Å²) in [6, 6.07) is 9.28. The number of hydrogen-bond donors (Lipinski definition) is 2. The fraction of sp³-hybridized carbons (Fsp3) is 0.238. The Morgan fingerprint density at radius 3 is 2.56 bits per heavy atom. The number of anilines is 2. The second kappa shape index (κ2) is 8.61. The number of alkyl halides is 3. The molecule has 0 unspecified atom stereocenters. The van der Waals surface area contributed by atoms with Crippen molar-refractivity contribution in [2.75, 3.05) is 10.6 Å². The molecule has 1 aliphatic heterocycles. The molecular formula is C21H16BrCl2F3N4O. The highest BCUT2D eigenvalue weighted by Crippen LogP contribution is 2.46. The van der Waals surface area contributed by atoms with Crippen LogP contribution in [0.1, 0.15) is 40.1 Å². The van der Waals surface area contributed by atoms with Crippen LogP contribution in [0.5, 0.6) is 0 Å². The van der Waals surface area contributed by atoms with Gasteiger partial charge in [0.05, 0.1) is 6.04 Å². The normalized spacial score (nSPS) is 18.1. The minimum Gasteiger partial charge on any atom is -0.362 e. The molecule has 11 heteroatoms. The number of aromatic nitrogens is 2. The van der Waals surface area contributed by atoms with Crippen LogP contribution in [0.3, 0.4) is 0 Å². The van der Waals surface area contributed by atoms with E-state index < -0.39 is 24.2 Å². The predicted octanol–water partition coefficient (Wildman–Crippen LogP) is 7.17. The van der Waals surface area contributed by atoms with E-state index in [0.29, 0.717) is 21.8 Å². The van der Waals surface area contributed by atoms with Gasteiger partial charge in [0, 0.05) is 21.6 Å². The van der Waals surface area contributed by atoms with Gasteiger partial charge in [-0.2, -0.15) is 18.3 Å². The number of carbonyl (C=O) groups is 1. The molecule has 32 heavy (non-hydrogen) atoms. The summed E-state index contributed by atoms with van der Waals surface area (Å²) < 4.78 is 43.3. The number of fused-ring (bicyclic) bond motifs is 1. The molecule has 2 atom stereocenters. The van der Waals surface area contributed by atoms with Gasteiger partial charge in [-0.3, -0.25) is 4.79 Å². The van der Waals surface area contributed by atoms with Crippen molar-refractivity contribution in [3.8, 4) is 0 Å². The zero-order chi connectivity index (χ0) is 23.2. The molecule has 2 N–H and O–H groups in total. The maximum Gasteiger partial charge on any atom is 0.410 e. The third kappa shape index (κ3) is 4.33. The Labute approximate surface area is 200 Å². The van der Waals surface area contributed by atoms with Crippen LogP contribution in [0.4, 0.5) is 24.7 Å². The van der Waals surface area contributed by atoms with Gasteiger partial charge in [0.25, 0.3) is 5.91 Å². The number of hydrogen-bond acceptors (Lipinski definition) is 3. The summed E-state index contributed by atoms with van der Waals surface area (Å²) in [6.07, 6.45) is -4.89. The van der Waals surface area contributed by atoms with E-state index in [0.717, 1.165) is 9.15 Å². The summed E-state index contributed by atoms with van der Waals surface area (Å²) in [6.45, 7) is 1.71. The number of benzene rings is 2. The molecule has 1 aliphatic rings. The van der Waals surface area contributed by atoms with Crippen molar-refractivity contribution in [1.29, 1.82) is 0 Å². The first kappa shape index (κ1) is 22.9. The highest BCUT2D eigenvalue weighted by molar-refractivity contribution is 9.10. The molecule has 4 rings (SSSR count).